The lowest BCUT2D eigenvalue weighted by atomic mass is 9.97. The Balaban J connectivity index is 1.98. The van der Waals surface area contributed by atoms with Gasteiger partial charge in [0.1, 0.15) is 0 Å². The SMILES string of the molecule is CCNC(CCC1CCCC1)c1c(Br)cnn1C. The third-order valence-electron chi connectivity index (χ3n) is 4.06. The summed E-state index contributed by atoms with van der Waals surface area (Å²) in [5.41, 5.74) is 1.29. The maximum Gasteiger partial charge on any atom is 0.0692 e. The average molecular weight is 314 g/mol. The van der Waals surface area contributed by atoms with E-state index in [1.165, 1.54) is 44.2 Å². The number of halogens is 1. The number of aromatic nitrogens is 2. The molecule has 0 amide bonds. The number of nitrogens with one attached hydrogen (secondary N) is 1. The van der Waals surface area contributed by atoms with Crippen molar-refractivity contribution in [2.24, 2.45) is 13.0 Å². The normalized spacial score (nSPS) is 18.4. The van der Waals surface area contributed by atoms with Gasteiger partial charge in [0.05, 0.1) is 22.4 Å². The fourth-order valence-corrected chi connectivity index (χ4v) is 3.72. The quantitative estimate of drug-likeness (QED) is 0.865. The highest BCUT2D eigenvalue weighted by atomic mass is 79.9. The number of hydrogen-bond acceptors (Lipinski definition) is 2. The van der Waals surface area contributed by atoms with Crippen LogP contribution in [0.15, 0.2) is 10.7 Å². The molecule has 0 bridgehead atoms. The van der Waals surface area contributed by atoms with E-state index in [0.29, 0.717) is 6.04 Å². The third-order valence-corrected chi connectivity index (χ3v) is 4.67. The van der Waals surface area contributed by atoms with Crippen molar-refractivity contribution in [3.05, 3.63) is 16.4 Å². The van der Waals surface area contributed by atoms with Gasteiger partial charge in [-0.2, -0.15) is 5.10 Å². The monoisotopic (exact) mass is 313 g/mol. The van der Waals surface area contributed by atoms with Gasteiger partial charge in [0.2, 0.25) is 0 Å². The predicted octanol–water partition coefficient (Wildman–Crippen LogP) is 3.80. The zero-order valence-electron chi connectivity index (χ0n) is 11.5. The van der Waals surface area contributed by atoms with Crippen LogP contribution in [0.4, 0.5) is 0 Å². The van der Waals surface area contributed by atoms with Crippen molar-refractivity contribution in [3.63, 3.8) is 0 Å². The minimum atomic E-state index is 0.428. The van der Waals surface area contributed by atoms with Crippen LogP contribution in [0.25, 0.3) is 0 Å². The highest BCUT2D eigenvalue weighted by Crippen LogP contribution is 2.33. The summed E-state index contributed by atoms with van der Waals surface area (Å²) in [6, 6.07) is 0.428. The zero-order valence-corrected chi connectivity index (χ0v) is 13.0. The van der Waals surface area contributed by atoms with Gasteiger partial charge in [-0.05, 0) is 41.2 Å². The molecule has 1 saturated carbocycles. The number of hydrogen-bond donors (Lipinski definition) is 1. The standard InChI is InChI=1S/C14H24BrN3/c1-3-16-13(9-8-11-6-4-5-7-11)14-12(15)10-17-18(14)2/h10-11,13,16H,3-9H2,1-2H3. The van der Waals surface area contributed by atoms with Gasteiger partial charge in [0, 0.05) is 7.05 Å². The second kappa shape index (κ2) is 6.71. The van der Waals surface area contributed by atoms with Gasteiger partial charge < -0.3 is 5.32 Å². The summed E-state index contributed by atoms with van der Waals surface area (Å²) >= 11 is 3.62. The van der Waals surface area contributed by atoms with Gasteiger partial charge in [0.25, 0.3) is 0 Å². The van der Waals surface area contributed by atoms with Crippen LogP contribution < -0.4 is 5.32 Å². The maximum absolute atomic E-state index is 4.33. The van der Waals surface area contributed by atoms with Crippen LogP contribution in [0.3, 0.4) is 0 Å². The van der Waals surface area contributed by atoms with Crippen LogP contribution in [-0.4, -0.2) is 16.3 Å². The van der Waals surface area contributed by atoms with Crippen LogP contribution >= 0.6 is 15.9 Å². The van der Waals surface area contributed by atoms with E-state index in [0.717, 1.165) is 16.9 Å². The van der Waals surface area contributed by atoms with Crippen molar-refractivity contribution >= 4 is 15.9 Å². The van der Waals surface area contributed by atoms with E-state index in [9.17, 15) is 0 Å². The van der Waals surface area contributed by atoms with Crippen molar-refractivity contribution in [1.29, 1.82) is 0 Å². The molecule has 0 spiro atoms. The average Bonchev–Trinajstić information content (AvgIpc) is 2.96. The minimum absolute atomic E-state index is 0.428. The molecule has 102 valence electrons. The fourth-order valence-electron chi connectivity index (χ4n) is 3.10. The van der Waals surface area contributed by atoms with E-state index in [-0.39, 0.29) is 0 Å². The van der Waals surface area contributed by atoms with Gasteiger partial charge in [-0.15, -0.1) is 0 Å². The molecule has 1 unspecified atom stereocenters. The summed E-state index contributed by atoms with van der Waals surface area (Å²) in [6.45, 7) is 3.18. The van der Waals surface area contributed by atoms with Crippen LogP contribution in [0, 0.1) is 5.92 Å². The third kappa shape index (κ3) is 3.35. The molecule has 2 rings (SSSR count). The summed E-state index contributed by atoms with van der Waals surface area (Å²) in [5.74, 6) is 0.957. The molecule has 1 N–H and O–H groups in total. The van der Waals surface area contributed by atoms with Crippen molar-refractivity contribution in [3.8, 4) is 0 Å². The van der Waals surface area contributed by atoms with Crippen LogP contribution in [0.1, 0.15) is 57.2 Å². The zero-order chi connectivity index (χ0) is 13.0. The number of nitrogens with zero attached hydrogens (tertiary/aromatic N) is 2. The second-order valence-corrected chi connectivity index (χ2v) is 6.19. The summed E-state index contributed by atoms with van der Waals surface area (Å²) in [4.78, 5) is 0. The van der Waals surface area contributed by atoms with E-state index in [1.54, 1.807) is 0 Å². The molecule has 1 aliphatic rings. The maximum atomic E-state index is 4.33. The molecular weight excluding hydrogens is 290 g/mol. The van der Waals surface area contributed by atoms with E-state index in [4.69, 9.17) is 0 Å². The van der Waals surface area contributed by atoms with Crippen LogP contribution in [-0.2, 0) is 7.05 Å². The molecule has 4 heteroatoms. The summed E-state index contributed by atoms with van der Waals surface area (Å²) in [5, 5.41) is 7.93. The molecule has 1 fully saturated rings. The first-order valence-corrected chi connectivity index (χ1v) is 7.92. The van der Waals surface area contributed by atoms with Gasteiger partial charge in [-0.3, -0.25) is 4.68 Å². The van der Waals surface area contributed by atoms with Crippen molar-refractivity contribution < 1.29 is 0 Å². The predicted molar refractivity (Wildman–Crippen MR) is 78.5 cm³/mol. The van der Waals surface area contributed by atoms with Crippen molar-refractivity contribution in [1.82, 2.24) is 15.1 Å². The smallest absolute Gasteiger partial charge is 0.0692 e. The Labute approximate surface area is 118 Å². The highest BCUT2D eigenvalue weighted by Gasteiger charge is 2.21. The lowest BCUT2D eigenvalue weighted by Crippen LogP contribution is -2.24. The summed E-state index contributed by atoms with van der Waals surface area (Å²) in [6.07, 6.45) is 10.2. The Morgan fingerprint density at radius 3 is 2.78 bits per heavy atom. The summed E-state index contributed by atoms with van der Waals surface area (Å²) < 4.78 is 3.12. The summed E-state index contributed by atoms with van der Waals surface area (Å²) in [7, 11) is 2.03. The topological polar surface area (TPSA) is 29.9 Å². The van der Waals surface area contributed by atoms with E-state index in [2.05, 4.69) is 33.3 Å². The Morgan fingerprint density at radius 2 is 2.22 bits per heavy atom. The highest BCUT2D eigenvalue weighted by molar-refractivity contribution is 9.10. The van der Waals surface area contributed by atoms with Gasteiger partial charge in [-0.1, -0.05) is 32.6 Å². The molecule has 0 aromatic carbocycles. The Hall–Kier alpha value is -0.350. The fraction of sp³-hybridized carbons (Fsp3) is 0.786. The van der Waals surface area contributed by atoms with E-state index in [1.807, 2.05) is 17.9 Å². The van der Waals surface area contributed by atoms with Gasteiger partial charge >= 0.3 is 0 Å². The van der Waals surface area contributed by atoms with Crippen LogP contribution in [0.5, 0.6) is 0 Å². The molecule has 0 aliphatic heterocycles. The lowest BCUT2D eigenvalue weighted by Gasteiger charge is -2.20. The van der Waals surface area contributed by atoms with Crippen LogP contribution in [0.2, 0.25) is 0 Å². The number of aryl methyl sites for hydroxylation is 1. The lowest BCUT2D eigenvalue weighted by molar-refractivity contribution is 0.402. The Kier molecular flexibility index (Phi) is 5.25. The molecule has 3 nitrogen and oxygen atoms in total. The first-order chi connectivity index (χ1) is 8.72. The molecule has 1 heterocycles. The van der Waals surface area contributed by atoms with Gasteiger partial charge in [-0.25, -0.2) is 0 Å². The Morgan fingerprint density at radius 1 is 1.50 bits per heavy atom. The van der Waals surface area contributed by atoms with E-state index >= 15 is 0 Å². The van der Waals surface area contributed by atoms with E-state index < -0.39 is 0 Å². The minimum Gasteiger partial charge on any atom is -0.309 e. The molecule has 0 radical (unpaired) electrons. The van der Waals surface area contributed by atoms with Crippen molar-refractivity contribution in [2.45, 2.75) is 51.5 Å². The first kappa shape index (κ1) is 14.1. The molecule has 1 aliphatic carbocycles. The molecule has 18 heavy (non-hydrogen) atoms. The van der Waals surface area contributed by atoms with Crippen molar-refractivity contribution in [2.75, 3.05) is 6.54 Å². The molecule has 0 saturated heterocycles. The second-order valence-electron chi connectivity index (χ2n) is 5.34. The molecular formula is C14H24BrN3. The Bertz CT molecular complexity index is 350. The molecule has 1 aromatic heterocycles. The first-order valence-electron chi connectivity index (χ1n) is 7.13. The number of rotatable bonds is 6. The molecule has 1 aromatic rings. The van der Waals surface area contributed by atoms with Gasteiger partial charge in [0.15, 0.2) is 0 Å². The molecule has 1 atom stereocenters. The largest absolute Gasteiger partial charge is 0.309 e.